The van der Waals surface area contributed by atoms with Gasteiger partial charge in [0.1, 0.15) is 11.4 Å². The number of amides is 1. The Morgan fingerprint density at radius 1 is 1.46 bits per heavy atom. The number of anilines is 2. The number of carbonyl (C=O) groups is 1. The summed E-state index contributed by atoms with van der Waals surface area (Å²) in [6.45, 7) is 0. The van der Waals surface area contributed by atoms with E-state index < -0.39 is 11.7 Å². The summed E-state index contributed by atoms with van der Waals surface area (Å²) in [6.07, 6.45) is 6.39. The minimum atomic E-state index is -0.604. The lowest BCUT2D eigenvalue weighted by atomic mass is 9.82. The van der Waals surface area contributed by atoms with E-state index >= 15 is 0 Å². The van der Waals surface area contributed by atoms with Gasteiger partial charge in [-0.25, -0.2) is 4.39 Å². The Labute approximate surface area is 168 Å². The van der Waals surface area contributed by atoms with Crippen LogP contribution in [0.15, 0.2) is 29.4 Å². The molecule has 2 aromatic rings. The molecule has 7 nitrogen and oxygen atoms in total. The first-order valence-electron chi connectivity index (χ1n) is 9.13. The maximum Gasteiger partial charge on any atom is 0.254 e. The second-order valence-corrected chi connectivity index (χ2v) is 7.33. The zero-order chi connectivity index (χ0) is 20.3. The van der Waals surface area contributed by atoms with Gasteiger partial charge in [0.05, 0.1) is 11.1 Å². The van der Waals surface area contributed by atoms with Gasteiger partial charge in [0, 0.05) is 37.1 Å². The van der Waals surface area contributed by atoms with Crippen LogP contribution < -0.4 is 16.4 Å². The summed E-state index contributed by atoms with van der Waals surface area (Å²) in [4.78, 5) is 16.1. The van der Waals surface area contributed by atoms with Crippen LogP contribution in [0.4, 0.5) is 15.9 Å². The molecule has 1 amide bonds. The highest BCUT2D eigenvalue weighted by molar-refractivity contribution is 6.30. The number of benzene rings is 1. The average Bonchev–Trinajstić information content (AvgIpc) is 3.09. The molecule has 3 atom stereocenters. The number of carbonyl (C=O) groups excluding carboxylic acids is 1. The molecule has 3 rings (SSSR count). The van der Waals surface area contributed by atoms with Crippen LogP contribution in [0, 0.1) is 11.7 Å². The van der Waals surface area contributed by atoms with Gasteiger partial charge in [0.15, 0.2) is 5.82 Å². The van der Waals surface area contributed by atoms with Crippen molar-refractivity contribution < 1.29 is 9.18 Å². The SMILES string of the molecule is CN=C[C@H]1C[C@H](NC)CC[C@@H]1n1cc(C(N)=O)c(Nc2ccc(Cl)c(F)c2)n1. The first kappa shape index (κ1) is 20.3. The molecule has 0 radical (unpaired) electrons. The van der Waals surface area contributed by atoms with Crippen molar-refractivity contribution in [3.8, 4) is 0 Å². The van der Waals surface area contributed by atoms with E-state index in [0.29, 0.717) is 11.7 Å². The topological polar surface area (TPSA) is 97.3 Å². The molecule has 0 unspecified atom stereocenters. The zero-order valence-electron chi connectivity index (χ0n) is 15.8. The van der Waals surface area contributed by atoms with E-state index in [9.17, 15) is 9.18 Å². The van der Waals surface area contributed by atoms with Crippen LogP contribution in [0.1, 0.15) is 35.7 Å². The largest absolute Gasteiger partial charge is 0.365 e. The average molecular weight is 407 g/mol. The lowest BCUT2D eigenvalue weighted by Gasteiger charge is -2.34. The number of hydrogen-bond donors (Lipinski definition) is 3. The third-order valence-corrected chi connectivity index (χ3v) is 5.44. The zero-order valence-corrected chi connectivity index (χ0v) is 16.6. The molecule has 1 aliphatic carbocycles. The lowest BCUT2D eigenvalue weighted by Crippen LogP contribution is -2.37. The molecule has 150 valence electrons. The van der Waals surface area contributed by atoms with Gasteiger partial charge in [-0.3, -0.25) is 9.48 Å². The van der Waals surface area contributed by atoms with Crippen molar-refractivity contribution >= 4 is 35.2 Å². The molecule has 1 aromatic heterocycles. The van der Waals surface area contributed by atoms with E-state index in [1.165, 1.54) is 12.1 Å². The Balaban J connectivity index is 1.91. The highest BCUT2D eigenvalue weighted by Gasteiger charge is 2.31. The van der Waals surface area contributed by atoms with Crippen molar-refractivity contribution in [1.29, 1.82) is 0 Å². The van der Waals surface area contributed by atoms with Gasteiger partial charge >= 0.3 is 0 Å². The number of aliphatic imine (C=N–C) groups is 1. The van der Waals surface area contributed by atoms with Crippen molar-refractivity contribution in [2.45, 2.75) is 31.3 Å². The van der Waals surface area contributed by atoms with Gasteiger partial charge in [-0.05, 0) is 44.5 Å². The molecule has 4 N–H and O–H groups in total. The predicted octanol–water partition coefficient (Wildman–Crippen LogP) is 3.15. The molecule has 1 aromatic carbocycles. The molecule has 1 fully saturated rings. The monoisotopic (exact) mass is 406 g/mol. The van der Waals surface area contributed by atoms with Crippen LogP contribution in [0.5, 0.6) is 0 Å². The van der Waals surface area contributed by atoms with Crippen LogP contribution in [0.2, 0.25) is 5.02 Å². The van der Waals surface area contributed by atoms with Gasteiger partial charge in [-0.2, -0.15) is 5.10 Å². The Bertz CT molecular complexity index is 883. The van der Waals surface area contributed by atoms with Crippen molar-refractivity contribution in [1.82, 2.24) is 15.1 Å². The van der Waals surface area contributed by atoms with Crippen LogP contribution in [-0.4, -0.2) is 42.0 Å². The molecule has 1 saturated carbocycles. The van der Waals surface area contributed by atoms with Gasteiger partial charge < -0.3 is 21.4 Å². The van der Waals surface area contributed by atoms with Gasteiger partial charge in [0.25, 0.3) is 5.91 Å². The quantitative estimate of drug-likeness (QED) is 0.642. The lowest BCUT2D eigenvalue weighted by molar-refractivity contribution is 0.100. The van der Waals surface area contributed by atoms with Crippen molar-refractivity contribution in [2.24, 2.45) is 16.6 Å². The van der Waals surface area contributed by atoms with E-state index in [4.69, 9.17) is 17.3 Å². The number of nitrogens with one attached hydrogen (secondary N) is 2. The molecule has 0 bridgehead atoms. The molecule has 0 aliphatic heterocycles. The fourth-order valence-corrected chi connectivity index (χ4v) is 3.79. The van der Waals surface area contributed by atoms with Gasteiger partial charge in [0.2, 0.25) is 0 Å². The van der Waals surface area contributed by atoms with E-state index in [0.717, 1.165) is 19.3 Å². The molecule has 1 heterocycles. The summed E-state index contributed by atoms with van der Waals surface area (Å²) in [7, 11) is 3.71. The van der Waals surface area contributed by atoms with Crippen LogP contribution >= 0.6 is 11.6 Å². The summed E-state index contributed by atoms with van der Waals surface area (Å²) < 4.78 is 15.5. The summed E-state index contributed by atoms with van der Waals surface area (Å²) in [6, 6.07) is 4.77. The Morgan fingerprint density at radius 2 is 2.25 bits per heavy atom. The minimum Gasteiger partial charge on any atom is -0.365 e. The molecule has 1 aliphatic rings. The number of hydrogen-bond acceptors (Lipinski definition) is 5. The van der Waals surface area contributed by atoms with E-state index in [1.807, 2.05) is 13.3 Å². The Kier molecular flexibility index (Phi) is 6.31. The fraction of sp³-hybridized carbons (Fsp3) is 0.421. The second kappa shape index (κ2) is 8.70. The fourth-order valence-electron chi connectivity index (χ4n) is 3.68. The molecule has 0 spiro atoms. The minimum absolute atomic E-state index is 0.0224. The predicted molar refractivity (Wildman–Crippen MR) is 109 cm³/mol. The first-order valence-corrected chi connectivity index (χ1v) is 9.51. The highest BCUT2D eigenvalue weighted by atomic mass is 35.5. The standard InChI is InChI=1S/C19H24ClFN6O/c1-23-9-11-7-12(24-2)4-6-17(11)27-10-14(18(22)28)19(26-27)25-13-3-5-15(20)16(21)8-13/h3,5,8-12,17,24H,4,6-7H2,1-2H3,(H2,22,28)(H,25,26)/t11-,12-,17+/m1/s1. The smallest absolute Gasteiger partial charge is 0.254 e. The van der Waals surface area contributed by atoms with Crippen molar-refractivity contribution in [3.05, 3.63) is 40.8 Å². The van der Waals surface area contributed by atoms with E-state index in [1.54, 1.807) is 24.0 Å². The summed E-state index contributed by atoms with van der Waals surface area (Å²) >= 11 is 5.73. The van der Waals surface area contributed by atoms with Crippen LogP contribution in [0.3, 0.4) is 0 Å². The number of primary amides is 1. The summed E-state index contributed by atoms with van der Waals surface area (Å²) in [5.74, 6) is -0.695. The third-order valence-electron chi connectivity index (χ3n) is 5.13. The maximum absolute atomic E-state index is 13.7. The number of nitrogens with two attached hydrogens (primary N) is 1. The number of rotatable bonds is 6. The van der Waals surface area contributed by atoms with Gasteiger partial charge in [-0.1, -0.05) is 11.6 Å². The van der Waals surface area contributed by atoms with Crippen molar-refractivity contribution in [2.75, 3.05) is 19.4 Å². The van der Waals surface area contributed by atoms with Crippen LogP contribution in [0.25, 0.3) is 0 Å². The molecule has 28 heavy (non-hydrogen) atoms. The summed E-state index contributed by atoms with van der Waals surface area (Å²) in [5, 5.41) is 10.9. The number of halogens is 2. The summed E-state index contributed by atoms with van der Waals surface area (Å²) in [5.41, 5.74) is 6.22. The van der Waals surface area contributed by atoms with Gasteiger partial charge in [-0.15, -0.1) is 0 Å². The Morgan fingerprint density at radius 3 is 2.89 bits per heavy atom. The highest BCUT2D eigenvalue weighted by Crippen LogP contribution is 2.34. The molecular weight excluding hydrogens is 383 g/mol. The van der Waals surface area contributed by atoms with Crippen molar-refractivity contribution in [3.63, 3.8) is 0 Å². The Hall–Kier alpha value is -2.45. The third kappa shape index (κ3) is 4.34. The molecular formula is C19H24ClFN6O. The number of nitrogens with zero attached hydrogens (tertiary/aromatic N) is 3. The first-order chi connectivity index (χ1) is 13.4. The maximum atomic E-state index is 13.7. The van der Waals surface area contributed by atoms with E-state index in [-0.39, 0.29) is 28.4 Å². The molecule has 9 heteroatoms. The van der Waals surface area contributed by atoms with E-state index in [2.05, 4.69) is 20.7 Å². The molecule has 0 saturated heterocycles. The number of aromatic nitrogens is 2. The normalized spacial score (nSPS) is 22.5. The second-order valence-electron chi connectivity index (χ2n) is 6.93. The van der Waals surface area contributed by atoms with Crippen LogP contribution in [-0.2, 0) is 0 Å².